The normalized spacial score (nSPS) is 11.6. The topological polar surface area (TPSA) is 93.9 Å². The molecule has 4 aromatic rings. The number of nitrogens with one attached hydrogen (secondary N) is 1. The highest BCUT2D eigenvalue weighted by Crippen LogP contribution is 2.28. The van der Waals surface area contributed by atoms with Gasteiger partial charge in [-0.3, -0.25) is 10.1 Å². The van der Waals surface area contributed by atoms with Crippen LogP contribution in [0.5, 0.6) is 0 Å². The summed E-state index contributed by atoms with van der Waals surface area (Å²) in [6, 6.07) is 16.2. The van der Waals surface area contributed by atoms with E-state index in [9.17, 15) is 13.2 Å². The standard InChI is InChI=1S/C20H18N4O3S2/c1-14-22-23-20(28-14)21-19(25)12-24-11-18(16-9-5-6-10-17(16)24)29(26,27)13-15-7-3-2-4-8-15/h2-11H,12-13H2,1H3,(H,21,23,25). The molecule has 0 aliphatic heterocycles. The summed E-state index contributed by atoms with van der Waals surface area (Å²) in [7, 11) is -3.58. The van der Waals surface area contributed by atoms with Gasteiger partial charge in [-0.25, -0.2) is 8.42 Å². The van der Waals surface area contributed by atoms with Gasteiger partial charge in [-0.2, -0.15) is 0 Å². The predicted molar refractivity (Wildman–Crippen MR) is 113 cm³/mol. The molecule has 0 atom stereocenters. The smallest absolute Gasteiger partial charge is 0.246 e. The van der Waals surface area contributed by atoms with Crippen molar-refractivity contribution in [3.8, 4) is 0 Å². The van der Waals surface area contributed by atoms with Crippen LogP contribution in [0.25, 0.3) is 10.9 Å². The number of fused-ring (bicyclic) bond motifs is 1. The zero-order chi connectivity index (χ0) is 20.4. The van der Waals surface area contributed by atoms with Crippen molar-refractivity contribution in [3.05, 3.63) is 71.4 Å². The van der Waals surface area contributed by atoms with Crippen molar-refractivity contribution in [2.24, 2.45) is 0 Å². The lowest BCUT2D eigenvalue weighted by Crippen LogP contribution is -2.18. The third-order valence-corrected chi connectivity index (χ3v) is 6.84. The van der Waals surface area contributed by atoms with E-state index in [1.807, 2.05) is 24.3 Å². The van der Waals surface area contributed by atoms with Crippen molar-refractivity contribution in [1.82, 2.24) is 14.8 Å². The first kappa shape index (κ1) is 19.3. The van der Waals surface area contributed by atoms with Crippen LogP contribution in [0.15, 0.2) is 65.7 Å². The minimum atomic E-state index is -3.58. The van der Waals surface area contributed by atoms with Gasteiger partial charge < -0.3 is 4.57 Å². The lowest BCUT2D eigenvalue weighted by Gasteiger charge is -2.04. The van der Waals surface area contributed by atoms with Crippen LogP contribution in [-0.2, 0) is 26.9 Å². The summed E-state index contributed by atoms with van der Waals surface area (Å²) < 4.78 is 27.8. The quantitative estimate of drug-likeness (QED) is 0.510. The highest BCUT2D eigenvalue weighted by atomic mass is 32.2. The number of carbonyl (C=O) groups excluding carboxylic acids is 1. The molecule has 148 valence electrons. The van der Waals surface area contributed by atoms with Gasteiger partial charge in [0.25, 0.3) is 0 Å². The Morgan fingerprint density at radius 1 is 1.07 bits per heavy atom. The lowest BCUT2D eigenvalue weighted by molar-refractivity contribution is -0.116. The number of aryl methyl sites for hydroxylation is 1. The van der Waals surface area contributed by atoms with Gasteiger partial charge in [0.05, 0.1) is 10.6 Å². The maximum atomic E-state index is 13.1. The van der Waals surface area contributed by atoms with Gasteiger partial charge in [0.15, 0.2) is 9.84 Å². The number of sulfone groups is 1. The fourth-order valence-corrected chi connectivity index (χ4v) is 5.31. The number of hydrogen-bond acceptors (Lipinski definition) is 6. The summed E-state index contributed by atoms with van der Waals surface area (Å²) >= 11 is 1.28. The first-order valence-corrected chi connectivity index (χ1v) is 11.3. The van der Waals surface area contributed by atoms with Crippen LogP contribution in [0.1, 0.15) is 10.6 Å². The fourth-order valence-electron chi connectivity index (χ4n) is 3.12. The van der Waals surface area contributed by atoms with Gasteiger partial charge in [-0.1, -0.05) is 59.9 Å². The van der Waals surface area contributed by atoms with E-state index in [4.69, 9.17) is 0 Å². The zero-order valence-electron chi connectivity index (χ0n) is 15.6. The van der Waals surface area contributed by atoms with E-state index in [-0.39, 0.29) is 23.1 Å². The van der Waals surface area contributed by atoms with Gasteiger partial charge in [0.1, 0.15) is 11.6 Å². The van der Waals surface area contributed by atoms with Crippen LogP contribution in [0.4, 0.5) is 5.13 Å². The molecule has 0 radical (unpaired) electrons. The molecule has 7 nitrogen and oxygen atoms in total. The molecule has 0 saturated heterocycles. The number of amides is 1. The number of carbonyl (C=O) groups is 1. The highest BCUT2D eigenvalue weighted by Gasteiger charge is 2.22. The summed E-state index contributed by atoms with van der Waals surface area (Å²) in [6.45, 7) is 1.77. The Balaban J connectivity index is 1.65. The van der Waals surface area contributed by atoms with Gasteiger partial charge in [-0.15, -0.1) is 10.2 Å². The molecule has 2 heterocycles. The van der Waals surface area contributed by atoms with Crippen LogP contribution in [-0.4, -0.2) is 29.1 Å². The Labute approximate surface area is 171 Å². The highest BCUT2D eigenvalue weighted by molar-refractivity contribution is 7.90. The second-order valence-electron chi connectivity index (χ2n) is 6.56. The van der Waals surface area contributed by atoms with Crippen LogP contribution >= 0.6 is 11.3 Å². The first-order valence-electron chi connectivity index (χ1n) is 8.87. The molecule has 9 heteroatoms. The van der Waals surface area contributed by atoms with Crippen LogP contribution in [0, 0.1) is 6.92 Å². The molecule has 0 saturated carbocycles. The second-order valence-corrected chi connectivity index (χ2v) is 9.70. The molecule has 0 aliphatic carbocycles. The molecule has 0 aliphatic rings. The number of rotatable bonds is 6. The molecular formula is C20H18N4O3S2. The third-order valence-electron chi connectivity index (χ3n) is 4.37. The molecule has 0 bridgehead atoms. The number of nitrogens with zero attached hydrogens (tertiary/aromatic N) is 3. The van der Waals surface area contributed by atoms with Crippen molar-refractivity contribution in [3.63, 3.8) is 0 Å². The number of aromatic nitrogens is 3. The molecule has 2 aromatic carbocycles. The monoisotopic (exact) mass is 426 g/mol. The molecule has 1 N–H and O–H groups in total. The van der Waals surface area contributed by atoms with E-state index < -0.39 is 9.84 Å². The van der Waals surface area contributed by atoms with Crippen LogP contribution in [0.2, 0.25) is 0 Å². The Bertz CT molecular complexity index is 1280. The van der Waals surface area contributed by atoms with Gasteiger partial charge in [0, 0.05) is 17.1 Å². The number of para-hydroxylation sites is 1. The Kier molecular flexibility index (Phi) is 5.16. The van der Waals surface area contributed by atoms with Crippen molar-refractivity contribution in [2.75, 3.05) is 5.32 Å². The third kappa shape index (κ3) is 4.20. The van der Waals surface area contributed by atoms with E-state index in [1.54, 1.807) is 41.8 Å². The summed E-state index contributed by atoms with van der Waals surface area (Å²) in [5.74, 6) is -0.396. The van der Waals surface area contributed by atoms with E-state index in [1.165, 1.54) is 17.5 Å². The minimum absolute atomic E-state index is 0.0278. The summed E-state index contributed by atoms with van der Waals surface area (Å²) in [4.78, 5) is 12.7. The van der Waals surface area contributed by atoms with Gasteiger partial charge in [-0.05, 0) is 18.6 Å². The van der Waals surface area contributed by atoms with Crippen molar-refractivity contribution < 1.29 is 13.2 Å². The maximum absolute atomic E-state index is 13.1. The van der Waals surface area contributed by atoms with Gasteiger partial charge >= 0.3 is 0 Å². The molecule has 0 fully saturated rings. The molecule has 0 unspecified atom stereocenters. The molecule has 2 aromatic heterocycles. The van der Waals surface area contributed by atoms with E-state index in [0.29, 0.717) is 21.6 Å². The van der Waals surface area contributed by atoms with E-state index in [2.05, 4.69) is 15.5 Å². The minimum Gasteiger partial charge on any atom is -0.337 e. The fraction of sp³-hybridized carbons (Fsp3) is 0.150. The second kappa shape index (κ2) is 7.76. The molecule has 1 amide bonds. The summed E-state index contributed by atoms with van der Waals surface area (Å²) in [5, 5.41) is 12.2. The Hall–Kier alpha value is -3.04. The average Bonchev–Trinajstić information content (AvgIpc) is 3.26. The molecule has 0 spiro atoms. The average molecular weight is 427 g/mol. The van der Waals surface area contributed by atoms with Gasteiger partial charge in [0.2, 0.25) is 11.0 Å². The molecule has 29 heavy (non-hydrogen) atoms. The largest absolute Gasteiger partial charge is 0.337 e. The van der Waals surface area contributed by atoms with E-state index >= 15 is 0 Å². The SMILES string of the molecule is Cc1nnc(NC(=O)Cn2cc(S(=O)(=O)Cc3ccccc3)c3ccccc32)s1. The van der Waals surface area contributed by atoms with Crippen LogP contribution in [0.3, 0.4) is 0 Å². The first-order chi connectivity index (χ1) is 13.9. The van der Waals surface area contributed by atoms with Crippen molar-refractivity contribution in [1.29, 1.82) is 0 Å². The van der Waals surface area contributed by atoms with Crippen LogP contribution < -0.4 is 5.32 Å². The molecule has 4 rings (SSSR count). The zero-order valence-corrected chi connectivity index (χ0v) is 17.2. The summed E-state index contributed by atoms with van der Waals surface area (Å²) in [5.41, 5.74) is 1.40. The van der Waals surface area contributed by atoms with Crippen molar-refractivity contribution in [2.45, 2.75) is 24.1 Å². The Morgan fingerprint density at radius 3 is 2.52 bits per heavy atom. The number of benzene rings is 2. The predicted octanol–water partition coefficient (Wildman–Crippen LogP) is 3.41. The lowest BCUT2D eigenvalue weighted by atomic mass is 10.2. The molecular weight excluding hydrogens is 408 g/mol. The Morgan fingerprint density at radius 2 is 1.79 bits per heavy atom. The number of anilines is 1. The van der Waals surface area contributed by atoms with E-state index in [0.717, 1.165) is 5.01 Å². The summed E-state index contributed by atoms with van der Waals surface area (Å²) in [6.07, 6.45) is 1.54. The van der Waals surface area contributed by atoms with Crippen molar-refractivity contribution >= 4 is 43.1 Å². The maximum Gasteiger partial charge on any atom is 0.246 e. The number of hydrogen-bond donors (Lipinski definition) is 1.